The summed E-state index contributed by atoms with van der Waals surface area (Å²) in [6.07, 6.45) is 5.24. The van der Waals surface area contributed by atoms with Crippen molar-refractivity contribution in [1.29, 1.82) is 0 Å². The lowest BCUT2D eigenvalue weighted by atomic mass is 9.70. The molecule has 4 heteroatoms. The van der Waals surface area contributed by atoms with Crippen LogP contribution < -0.4 is 0 Å². The summed E-state index contributed by atoms with van der Waals surface area (Å²) in [7, 11) is 0. The van der Waals surface area contributed by atoms with Gasteiger partial charge in [0.25, 0.3) is 0 Å². The first-order chi connectivity index (χ1) is 10.0. The van der Waals surface area contributed by atoms with Crippen LogP contribution in [0, 0.1) is 23.6 Å². The summed E-state index contributed by atoms with van der Waals surface area (Å²) < 4.78 is 13.9. The highest BCUT2D eigenvalue weighted by Gasteiger charge is 2.35. The molecule has 0 amide bonds. The molecular weight excluding hydrogens is 291 g/mol. The predicted molar refractivity (Wildman–Crippen MR) is 82.0 cm³/mol. The number of aliphatic carboxylic acids is 1. The van der Waals surface area contributed by atoms with Crippen molar-refractivity contribution < 1.29 is 14.3 Å². The highest BCUT2D eigenvalue weighted by Crippen LogP contribution is 2.38. The third kappa shape index (κ3) is 4.19. The predicted octanol–water partition coefficient (Wildman–Crippen LogP) is 4.94. The van der Waals surface area contributed by atoms with Crippen molar-refractivity contribution in [2.45, 2.75) is 45.4 Å². The van der Waals surface area contributed by atoms with E-state index in [2.05, 4.69) is 6.92 Å². The third-order valence-electron chi connectivity index (χ3n) is 4.60. The van der Waals surface area contributed by atoms with Crippen molar-refractivity contribution in [3.05, 3.63) is 34.6 Å². The Labute approximate surface area is 130 Å². The molecular formula is C17H22ClFO2. The Morgan fingerprint density at radius 3 is 2.86 bits per heavy atom. The molecule has 0 radical (unpaired) electrons. The van der Waals surface area contributed by atoms with Crippen molar-refractivity contribution in [2.24, 2.45) is 17.8 Å². The Balaban J connectivity index is 2.15. The van der Waals surface area contributed by atoms with Crippen molar-refractivity contribution >= 4 is 17.6 Å². The van der Waals surface area contributed by atoms with Gasteiger partial charge in [-0.25, -0.2) is 4.39 Å². The first kappa shape index (κ1) is 16.3. The van der Waals surface area contributed by atoms with E-state index in [4.69, 9.17) is 11.6 Å². The molecule has 21 heavy (non-hydrogen) atoms. The monoisotopic (exact) mass is 312 g/mol. The maximum absolute atomic E-state index is 13.9. The van der Waals surface area contributed by atoms with Gasteiger partial charge in [-0.1, -0.05) is 31.4 Å². The molecule has 3 unspecified atom stereocenters. The number of carboxylic acid groups (broad SMARTS) is 1. The minimum atomic E-state index is -0.752. The summed E-state index contributed by atoms with van der Waals surface area (Å²) in [5.41, 5.74) is 0.538. The Morgan fingerprint density at radius 2 is 2.19 bits per heavy atom. The van der Waals surface area contributed by atoms with Gasteiger partial charge < -0.3 is 5.11 Å². The molecule has 1 aromatic rings. The van der Waals surface area contributed by atoms with Gasteiger partial charge in [0, 0.05) is 5.02 Å². The minimum Gasteiger partial charge on any atom is -0.481 e. The number of carboxylic acids is 1. The molecule has 3 atom stereocenters. The molecule has 116 valence electrons. The molecule has 0 saturated heterocycles. The van der Waals surface area contributed by atoms with Gasteiger partial charge in [-0.2, -0.15) is 0 Å². The van der Waals surface area contributed by atoms with E-state index in [1.165, 1.54) is 12.1 Å². The average molecular weight is 313 g/mol. The molecule has 1 N–H and O–H groups in total. The van der Waals surface area contributed by atoms with Crippen LogP contribution in [0.4, 0.5) is 4.39 Å². The highest BCUT2D eigenvalue weighted by atomic mass is 35.5. The van der Waals surface area contributed by atoms with Gasteiger partial charge in [-0.15, -0.1) is 0 Å². The van der Waals surface area contributed by atoms with Crippen LogP contribution in [-0.2, 0) is 11.2 Å². The quantitative estimate of drug-likeness (QED) is 0.836. The van der Waals surface area contributed by atoms with Gasteiger partial charge in [0.05, 0.1) is 5.92 Å². The van der Waals surface area contributed by atoms with Crippen LogP contribution >= 0.6 is 11.6 Å². The first-order valence-corrected chi connectivity index (χ1v) is 8.05. The smallest absolute Gasteiger partial charge is 0.306 e. The summed E-state index contributed by atoms with van der Waals surface area (Å²) in [6, 6.07) is 4.51. The molecule has 1 aromatic carbocycles. The van der Waals surface area contributed by atoms with Gasteiger partial charge in [0.1, 0.15) is 5.82 Å². The Morgan fingerprint density at radius 1 is 1.43 bits per heavy atom. The zero-order valence-electron chi connectivity index (χ0n) is 12.3. The summed E-state index contributed by atoms with van der Waals surface area (Å²) in [5, 5.41) is 9.91. The van der Waals surface area contributed by atoms with E-state index in [1.807, 2.05) is 0 Å². The zero-order valence-corrected chi connectivity index (χ0v) is 13.1. The zero-order chi connectivity index (χ0) is 15.4. The van der Waals surface area contributed by atoms with Gasteiger partial charge in [0.15, 0.2) is 0 Å². The number of rotatable bonds is 5. The number of hydrogen-bond acceptors (Lipinski definition) is 1. The second-order valence-electron chi connectivity index (χ2n) is 6.11. The van der Waals surface area contributed by atoms with Crippen LogP contribution in [0.15, 0.2) is 18.2 Å². The maximum Gasteiger partial charge on any atom is 0.306 e. The lowest BCUT2D eigenvalue weighted by molar-refractivity contribution is -0.145. The summed E-state index contributed by atoms with van der Waals surface area (Å²) >= 11 is 5.93. The van der Waals surface area contributed by atoms with Crippen LogP contribution in [0.1, 0.15) is 44.6 Å². The van der Waals surface area contributed by atoms with Crippen LogP contribution in [0.5, 0.6) is 0 Å². The standard InChI is InChI=1S/C17H22ClFO2/c1-2-3-11-4-6-15(17(20)21)12(8-11)9-13-10-14(18)5-7-16(13)19/h5,7,10-12,15H,2-4,6,8-9H2,1H3,(H,20,21). The molecule has 0 aromatic heterocycles. The lowest BCUT2D eigenvalue weighted by Gasteiger charge is -2.34. The SMILES string of the molecule is CCCC1CCC(C(=O)O)C(Cc2cc(Cl)ccc2F)C1. The van der Waals surface area contributed by atoms with Crippen LogP contribution in [0.25, 0.3) is 0 Å². The lowest BCUT2D eigenvalue weighted by Crippen LogP contribution is -2.32. The molecule has 0 aliphatic heterocycles. The van der Waals surface area contributed by atoms with E-state index in [0.29, 0.717) is 29.3 Å². The van der Waals surface area contributed by atoms with Crippen molar-refractivity contribution in [2.75, 3.05) is 0 Å². The second kappa shape index (κ2) is 7.26. The van der Waals surface area contributed by atoms with Gasteiger partial charge >= 0.3 is 5.97 Å². The Hall–Kier alpha value is -1.09. The van der Waals surface area contributed by atoms with Crippen molar-refractivity contribution in [1.82, 2.24) is 0 Å². The molecule has 1 fully saturated rings. The van der Waals surface area contributed by atoms with Gasteiger partial charge in [0.2, 0.25) is 0 Å². The molecule has 0 bridgehead atoms. The molecule has 1 aliphatic carbocycles. The van der Waals surface area contributed by atoms with E-state index >= 15 is 0 Å². The number of halogens is 2. The summed E-state index contributed by atoms with van der Waals surface area (Å²) in [4.78, 5) is 11.5. The fourth-order valence-corrected chi connectivity index (χ4v) is 3.76. The van der Waals surface area contributed by atoms with E-state index < -0.39 is 5.97 Å². The van der Waals surface area contributed by atoms with E-state index in [-0.39, 0.29) is 17.7 Å². The van der Waals surface area contributed by atoms with E-state index in [0.717, 1.165) is 25.7 Å². The fraction of sp³-hybridized carbons (Fsp3) is 0.588. The molecule has 0 spiro atoms. The maximum atomic E-state index is 13.9. The molecule has 2 nitrogen and oxygen atoms in total. The van der Waals surface area contributed by atoms with Crippen LogP contribution in [0.3, 0.4) is 0 Å². The number of carbonyl (C=O) groups is 1. The first-order valence-electron chi connectivity index (χ1n) is 7.68. The number of benzene rings is 1. The highest BCUT2D eigenvalue weighted by molar-refractivity contribution is 6.30. The molecule has 1 saturated carbocycles. The topological polar surface area (TPSA) is 37.3 Å². The van der Waals surface area contributed by atoms with Crippen molar-refractivity contribution in [3.8, 4) is 0 Å². The average Bonchev–Trinajstić information content (AvgIpc) is 2.43. The third-order valence-corrected chi connectivity index (χ3v) is 4.83. The molecule has 1 aliphatic rings. The normalized spacial score (nSPS) is 25.8. The van der Waals surface area contributed by atoms with Crippen LogP contribution in [-0.4, -0.2) is 11.1 Å². The Kier molecular flexibility index (Phi) is 5.63. The minimum absolute atomic E-state index is 0.000710. The van der Waals surface area contributed by atoms with Gasteiger partial charge in [-0.3, -0.25) is 4.79 Å². The number of hydrogen-bond donors (Lipinski definition) is 1. The fourth-order valence-electron chi connectivity index (χ4n) is 3.56. The van der Waals surface area contributed by atoms with Crippen molar-refractivity contribution in [3.63, 3.8) is 0 Å². The molecule has 0 heterocycles. The largest absolute Gasteiger partial charge is 0.481 e. The van der Waals surface area contributed by atoms with Gasteiger partial charge in [-0.05, 0) is 61.3 Å². The second-order valence-corrected chi connectivity index (χ2v) is 6.55. The summed E-state index contributed by atoms with van der Waals surface area (Å²) in [5.74, 6) is -0.839. The van der Waals surface area contributed by atoms with E-state index in [1.54, 1.807) is 6.07 Å². The van der Waals surface area contributed by atoms with Crippen LogP contribution in [0.2, 0.25) is 5.02 Å². The summed E-state index contributed by atoms with van der Waals surface area (Å²) in [6.45, 7) is 2.15. The Bertz CT molecular complexity index is 504. The molecule has 2 rings (SSSR count). The van der Waals surface area contributed by atoms with E-state index in [9.17, 15) is 14.3 Å².